The Morgan fingerprint density at radius 1 is 1.55 bits per heavy atom. The summed E-state index contributed by atoms with van der Waals surface area (Å²) in [7, 11) is -1.96. The summed E-state index contributed by atoms with van der Waals surface area (Å²) in [4.78, 5) is 15.6. The van der Waals surface area contributed by atoms with E-state index < -0.39 is 10.0 Å². The molecule has 1 unspecified atom stereocenters. The summed E-state index contributed by atoms with van der Waals surface area (Å²) in [6, 6.07) is -0.00265. The van der Waals surface area contributed by atoms with Crippen LogP contribution in [0, 0.1) is 12.8 Å². The number of sulfonamides is 1. The third-order valence-electron chi connectivity index (χ3n) is 3.77. The number of amides is 1. The van der Waals surface area contributed by atoms with E-state index in [1.54, 1.807) is 18.5 Å². The number of nitrogens with one attached hydrogen (secondary N) is 2. The van der Waals surface area contributed by atoms with Crippen LogP contribution in [0.15, 0.2) is 11.2 Å². The van der Waals surface area contributed by atoms with E-state index in [9.17, 15) is 13.2 Å². The van der Waals surface area contributed by atoms with Crippen LogP contribution < -0.4 is 15.8 Å². The molecule has 1 atom stereocenters. The molecule has 0 bridgehead atoms. The van der Waals surface area contributed by atoms with Crippen molar-refractivity contribution in [1.82, 2.24) is 19.6 Å². The zero-order valence-corrected chi connectivity index (χ0v) is 13.7. The topological polar surface area (TPSA) is 119 Å². The zero-order chi connectivity index (χ0) is 16.3. The maximum atomic E-state index is 12.0. The fourth-order valence-corrected chi connectivity index (χ4v) is 3.11. The van der Waals surface area contributed by atoms with Crippen LogP contribution in [0.1, 0.15) is 25.1 Å². The first kappa shape index (κ1) is 16.9. The number of carbonyl (C=O) groups excluding carboxylic acids is 1. The van der Waals surface area contributed by atoms with E-state index in [2.05, 4.69) is 15.0 Å². The second kappa shape index (κ2) is 6.76. The molecule has 1 fully saturated rings. The number of hydrogen-bond donors (Lipinski definition) is 3. The standard InChI is InChI=1S/C13H23N5O3S/c1-9-17-13(8-18(9)2)22(20,21)16-6-5-12(19)15-7-11(14)10-3-4-10/h8,10-11,16H,3-7,14H2,1-2H3,(H,15,19). The van der Waals surface area contributed by atoms with Crippen molar-refractivity contribution in [3.05, 3.63) is 12.0 Å². The maximum absolute atomic E-state index is 12.0. The van der Waals surface area contributed by atoms with Gasteiger partial charge in [-0.25, -0.2) is 18.1 Å². The highest BCUT2D eigenvalue weighted by atomic mass is 32.2. The number of aromatic nitrogens is 2. The van der Waals surface area contributed by atoms with Crippen molar-refractivity contribution in [2.45, 2.75) is 37.3 Å². The second-order valence-electron chi connectivity index (χ2n) is 5.69. The van der Waals surface area contributed by atoms with Gasteiger partial charge in [-0.2, -0.15) is 0 Å². The van der Waals surface area contributed by atoms with Gasteiger partial charge in [-0.05, 0) is 25.7 Å². The van der Waals surface area contributed by atoms with Gasteiger partial charge in [0.05, 0.1) is 0 Å². The van der Waals surface area contributed by atoms with E-state index in [-0.39, 0.29) is 29.9 Å². The molecule has 1 amide bonds. The van der Waals surface area contributed by atoms with Crippen LogP contribution in [0.3, 0.4) is 0 Å². The van der Waals surface area contributed by atoms with Crippen molar-refractivity contribution in [2.24, 2.45) is 18.7 Å². The fraction of sp³-hybridized carbons (Fsp3) is 0.692. The molecular formula is C13H23N5O3S. The predicted molar refractivity (Wildman–Crippen MR) is 81.5 cm³/mol. The number of nitrogens with two attached hydrogens (primary N) is 1. The lowest BCUT2D eigenvalue weighted by Gasteiger charge is -2.11. The number of aryl methyl sites for hydroxylation is 2. The van der Waals surface area contributed by atoms with Crippen LogP contribution in [-0.2, 0) is 21.9 Å². The van der Waals surface area contributed by atoms with Crippen LogP contribution in [0.4, 0.5) is 0 Å². The second-order valence-corrected chi connectivity index (χ2v) is 7.40. The number of nitrogens with zero attached hydrogens (tertiary/aromatic N) is 2. The van der Waals surface area contributed by atoms with Crippen molar-refractivity contribution in [2.75, 3.05) is 13.1 Å². The summed E-state index contributed by atoms with van der Waals surface area (Å²) in [6.07, 6.45) is 3.76. The van der Waals surface area contributed by atoms with Gasteiger partial charge in [0, 0.05) is 38.8 Å². The number of imidazole rings is 1. The lowest BCUT2D eigenvalue weighted by Crippen LogP contribution is -2.39. The van der Waals surface area contributed by atoms with E-state index in [0.717, 1.165) is 12.8 Å². The molecule has 0 radical (unpaired) electrons. The molecule has 1 aliphatic carbocycles. The third kappa shape index (κ3) is 4.52. The first-order valence-corrected chi connectivity index (χ1v) is 8.80. The van der Waals surface area contributed by atoms with Gasteiger partial charge in [0.1, 0.15) is 5.82 Å². The van der Waals surface area contributed by atoms with Crippen LogP contribution in [0.5, 0.6) is 0 Å². The minimum atomic E-state index is -3.68. The van der Waals surface area contributed by atoms with Gasteiger partial charge >= 0.3 is 0 Å². The Morgan fingerprint density at radius 3 is 2.77 bits per heavy atom. The molecule has 0 aromatic carbocycles. The minimum absolute atomic E-state index is 0.00265. The fourth-order valence-electron chi connectivity index (χ4n) is 2.04. The van der Waals surface area contributed by atoms with Crippen molar-refractivity contribution >= 4 is 15.9 Å². The monoisotopic (exact) mass is 329 g/mol. The molecule has 1 aromatic heterocycles. The Kier molecular flexibility index (Phi) is 5.20. The molecule has 2 rings (SSSR count). The van der Waals surface area contributed by atoms with Crippen molar-refractivity contribution < 1.29 is 13.2 Å². The molecular weight excluding hydrogens is 306 g/mol. The Hall–Kier alpha value is -1.45. The average Bonchev–Trinajstić information content (AvgIpc) is 3.23. The normalized spacial score (nSPS) is 16.5. The quantitative estimate of drug-likeness (QED) is 0.580. The molecule has 8 nitrogen and oxygen atoms in total. The first-order chi connectivity index (χ1) is 10.3. The third-order valence-corrected chi connectivity index (χ3v) is 5.10. The zero-order valence-electron chi connectivity index (χ0n) is 12.9. The molecule has 1 heterocycles. The summed E-state index contributed by atoms with van der Waals surface area (Å²) in [5.74, 6) is 0.911. The highest BCUT2D eigenvalue weighted by molar-refractivity contribution is 7.89. The van der Waals surface area contributed by atoms with E-state index in [4.69, 9.17) is 5.73 Å². The van der Waals surface area contributed by atoms with Crippen molar-refractivity contribution in [1.29, 1.82) is 0 Å². The van der Waals surface area contributed by atoms with E-state index in [0.29, 0.717) is 18.3 Å². The Balaban J connectivity index is 1.73. The SMILES string of the molecule is Cc1nc(S(=O)(=O)NCCC(=O)NCC(N)C2CC2)cn1C. The van der Waals surface area contributed by atoms with E-state index in [1.807, 2.05) is 0 Å². The van der Waals surface area contributed by atoms with E-state index in [1.165, 1.54) is 6.20 Å². The van der Waals surface area contributed by atoms with Gasteiger partial charge in [0.15, 0.2) is 5.03 Å². The summed E-state index contributed by atoms with van der Waals surface area (Å²) in [5, 5.41) is 2.69. The number of carbonyl (C=O) groups is 1. The van der Waals surface area contributed by atoms with Gasteiger partial charge in [-0.3, -0.25) is 4.79 Å². The van der Waals surface area contributed by atoms with Gasteiger partial charge in [0.2, 0.25) is 5.91 Å². The maximum Gasteiger partial charge on any atom is 0.259 e. The molecule has 1 saturated carbocycles. The van der Waals surface area contributed by atoms with Gasteiger partial charge < -0.3 is 15.6 Å². The highest BCUT2D eigenvalue weighted by Gasteiger charge is 2.28. The summed E-state index contributed by atoms with van der Waals surface area (Å²) < 4.78 is 28.0. The lowest BCUT2D eigenvalue weighted by atomic mass is 10.2. The van der Waals surface area contributed by atoms with E-state index >= 15 is 0 Å². The Morgan fingerprint density at radius 2 is 2.23 bits per heavy atom. The molecule has 1 aliphatic rings. The summed E-state index contributed by atoms with van der Waals surface area (Å²) >= 11 is 0. The van der Waals surface area contributed by atoms with Crippen LogP contribution >= 0.6 is 0 Å². The van der Waals surface area contributed by atoms with Crippen LogP contribution in [0.2, 0.25) is 0 Å². The molecule has 22 heavy (non-hydrogen) atoms. The Bertz CT molecular complexity index is 617. The van der Waals surface area contributed by atoms with Gasteiger partial charge in [-0.1, -0.05) is 0 Å². The molecule has 0 spiro atoms. The highest BCUT2D eigenvalue weighted by Crippen LogP contribution is 2.31. The molecule has 0 saturated heterocycles. The van der Waals surface area contributed by atoms with Gasteiger partial charge in [-0.15, -0.1) is 0 Å². The van der Waals surface area contributed by atoms with Crippen molar-refractivity contribution in [3.8, 4) is 0 Å². The number of hydrogen-bond acceptors (Lipinski definition) is 5. The average molecular weight is 329 g/mol. The van der Waals surface area contributed by atoms with Crippen LogP contribution in [-0.4, -0.2) is 43.0 Å². The minimum Gasteiger partial charge on any atom is -0.354 e. The van der Waals surface area contributed by atoms with Gasteiger partial charge in [0.25, 0.3) is 10.0 Å². The van der Waals surface area contributed by atoms with Crippen molar-refractivity contribution in [3.63, 3.8) is 0 Å². The summed E-state index contributed by atoms with van der Waals surface area (Å²) in [6.45, 7) is 2.19. The Labute approximate surface area is 130 Å². The molecule has 0 aliphatic heterocycles. The molecule has 124 valence electrons. The molecule has 9 heteroatoms. The smallest absolute Gasteiger partial charge is 0.259 e. The number of rotatable bonds is 8. The molecule has 1 aromatic rings. The summed E-state index contributed by atoms with van der Waals surface area (Å²) in [5.41, 5.74) is 5.88. The molecule has 4 N–H and O–H groups in total. The predicted octanol–water partition coefficient (Wildman–Crippen LogP) is -0.750. The first-order valence-electron chi connectivity index (χ1n) is 7.31. The largest absolute Gasteiger partial charge is 0.354 e. The lowest BCUT2D eigenvalue weighted by molar-refractivity contribution is -0.121. The van der Waals surface area contributed by atoms with Crippen LogP contribution in [0.25, 0.3) is 0 Å².